The summed E-state index contributed by atoms with van der Waals surface area (Å²) >= 11 is 6.98. The van der Waals surface area contributed by atoms with Gasteiger partial charge in [0.25, 0.3) is 0 Å². The molecule has 0 radical (unpaired) electrons. The molecule has 0 saturated carbocycles. The van der Waals surface area contributed by atoms with Gasteiger partial charge in [0.2, 0.25) is 0 Å². The average molecular weight is 364 g/mol. The van der Waals surface area contributed by atoms with Crippen LogP contribution in [0, 0.1) is 0 Å². The van der Waals surface area contributed by atoms with Crippen molar-refractivity contribution in [2.45, 2.75) is 0 Å². The van der Waals surface area contributed by atoms with Crippen LogP contribution in [-0.4, -0.2) is 49.2 Å². The summed E-state index contributed by atoms with van der Waals surface area (Å²) in [5.41, 5.74) is 5.57. The zero-order valence-corrected chi connectivity index (χ0v) is 12.7. The van der Waals surface area contributed by atoms with Gasteiger partial charge >= 0.3 is 0 Å². The highest BCUT2D eigenvalue weighted by atomic mass is 79.9. The van der Waals surface area contributed by atoms with E-state index in [4.69, 9.17) is 5.73 Å². The van der Waals surface area contributed by atoms with Crippen molar-refractivity contribution in [2.24, 2.45) is 5.73 Å². The lowest BCUT2D eigenvalue weighted by atomic mass is 10.3. The quantitative estimate of drug-likeness (QED) is 0.887. The van der Waals surface area contributed by atoms with E-state index in [1.54, 1.807) is 0 Å². The Labute approximate surface area is 118 Å². The van der Waals surface area contributed by atoms with Crippen LogP contribution in [0.25, 0.3) is 0 Å². The number of nitrogens with zero attached hydrogens (tertiary/aromatic N) is 3. The van der Waals surface area contributed by atoms with E-state index in [9.17, 15) is 0 Å². The Kier molecular flexibility index (Phi) is 4.78. The largest absolute Gasteiger partial charge is 0.353 e. The Morgan fingerprint density at radius 3 is 2.53 bits per heavy atom. The van der Waals surface area contributed by atoms with Gasteiger partial charge < -0.3 is 10.6 Å². The van der Waals surface area contributed by atoms with E-state index >= 15 is 0 Å². The van der Waals surface area contributed by atoms with Crippen LogP contribution in [0.3, 0.4) is 0 Å². The molecule has 0 spiro atoms. The second-order valence-electron chi connectivity index (χ2n) is 4.08. The fraction of sp³-hybridized carbons (Fsp3) is 0.545. The summed E-state index contributed by atoms with van der Waals surface area (Å²) in [5, 5.41) is 0. The lowest BCUT2D eigenvalue weighted by Gasteiger charge is -2.35. The van der Waals surface area contributed by atoms with Gasteiger partial charge in [-0.2, -0.15) is 0 Å². The van der Waals surface area contributed by atoms with Crippen LogP contribution in [0.4, 0.5) is 5.82 Å². The lowest BCUT2D eigenvalue weighted by molar-refractivity contribution is 0.264. The zero-order chi connectivity index (χ0) is 12.3. The highest BCUT2D eigenvalue weighted by Crippen LogP contribution is 2.27. The first kappa shape index (κ1) is 13.3. The third kappa shape index (κ3) is 3.40. The molecule has 6 heteroatoms. The van der Waals surface area contributed by atoms with Gasteiger partial charge in [-0.05, 0) is 37.9 Å². The van der Waals surface area contributed by atoms with Gasteiger partial charge in [0.05, 0.1) is 4.47 Å². The molecule has 1 aromatic heterocycles. The fourth-order valence-corrected chi connectivity index (χ4v) is 3.24. The van der Waals surface area contributed by atoms with Crippen molar-refractivity contribution < 1.29 is 0 Å². The predicted molar refractivity (Wildman–Crippen MR) is 77.3 cm³/mol. The molecular formula is C11H16Br2N4. The monoisotopic (exact) mass is 362 g/mol. The first-order valence-electron chi connectivity index (χ1n) is 5.69. The molecule has 2 heterocycles. The van der Waals surface area contributed by atoms with E-state index in [0.29, 0.717) is 0 Å². The van der Waals surface area contributed by atoms with Crippen LogP contribution >= 0.6 is 31.9 Å². The Hall–Kier alpha value is -0.170. The third-order valence-electron chi connectivity index (χ3n) is 2.91. The summed E-state index contributed by atoms with van der Waals surface area (Å²) in [6, 6.07) is 2.04. The molecule has 0 unspecified atom stereocenters. The summed E-state index contributed by atoms with van der Waals surface area (Å²) in [6.07, 6.45) is 1.84. The van der Waals surface area contributed by atoms with E-state index in [-0.39, 0.29) is 0 Å². The van der Waals surface area contributed by atoms with E-state index in [1.807, 2.05) is 12.3 Å². The van der Waals surface area contributed by atoms with E-state index in [1.165, 1.54) is 0 Å². The lowest BCUT2D eigenvalue weighted by Crippen LogP contribution is -2.48. The average Bonchev–Trinajstić information content (AvgIpc) is 2.31. The van der Waals surface area contributed by atoms with Gasteiger partial charge in [-0.25, -0.2) is 4.98 Å². The van der Waals surface area contributed by atoms with Gasteiger partial charge in [-0.3, -0.25) is 4.90 Å². The van der Waals surface area contributed by atoms with Gasteiger partial charge in [0, 0.05) is 49.9 Å². The molecule has 17 heavy (non-hydrogen) atoms. The van der Waals surface area contributed by atoms with Gasteiger partial charge in [-0.1, -0.05) is 0 Å². The highest BCUT2D eigenvalue weighted by molar-refractivity contribution is 9.11. The molecule has 2 N–H and O–H groups in total. The Morgan fingerprint density at radius 1 is 1.24 bits per heavy atom. The van der Waals surface area contributed by atoms with Crippen molar-refractivity contribution in [2.75, 3.05) is 44.2 Å². The summed E-state index contributed by atoms with van der Waals surface area (Å²) in [5.74, 6) is 1.03. The van der Waals surface area contributed by atoms with E-state index < -0.39 is 0 Å². The molecule has 0 aromatic carbocycles. The van der Waals surface area contributed by atoms with Crippen molar-refractivity contribution in [3.8, 4) is 0 Å². The number of piperazine rings is 1. The molecule has 0 amide bonds. The van der Waals surface area contributed by atoms with Crippen LogP contribution in [0.2, 0.25) is 0 Å². The van der Waals surface area contributed by atoms with Crippen molar-refractivity contribution in [3.63, 3.8) is 0 Å². The van der Waals surface area contributed by atoms with Crippen LogP contribution < -0.4 is 10.6 Å². The maximum atomic E-state index is 5.57. The normalized spacial score (nSPS) is 17.5. The van der Waals surface area contributed by atoms with Crippen LogP contribution in [0.1, 0.15) is 0 Å². The Morgan fingerprint density at radius 2 is 1.94 bits per heavy atom. The Bertz CT molecular complexity index is 378. The second-order valence-corrected chi connectivity index (χ2v) is 5.85. The number of aromatic nitrogens is 1. The van der Waals surface area contributed by atoms with Crippen LogP contribution in [-0.2, 0) is 0 Å². The number of hydrogen-bond acceptors (Lipinski definition) is 4. The summed E-state index contributed by atoms with van der Waals surface area (Å²) < 4.78 is 2.04. The van der Waals surface area contributed by atoms with E-state index in [0.717, 1.165) is 54.0 Å². The molecule has 1 fully saturated rings. The number of pyridine rings is 1. The molecule has 94 valence electrons. The van der Waals surface area contributed by atoms with Gasteiger partial charge in [0.15, 0.2) is 0 Å². The minimum Gasteiger partial charge on any atom is -0.353 e. The second kappa shape index (κ2) is 6.13. The van der Waals surface area contributed by atoms with Crippen LogP contribution in [0.15, 0.2) is 21.2 Å². The maximum Gasteiger partial charge on any atom is 0.143 e. The van der Waals surface area contributed by atoms with Crippen molar-refractivity contribution in [1.29, 1.82) is 0 Å². The van der Waals surface area contributed by atoms with E-state index in [2.05, 4.69) is 46.6 Å². The summed E-state index contributed by atoms with van der Waals surface area (Å²) in [7, 11) is 0. The van der Waals surface area contributed by atoms with Crippen molar-refractivity contribution >= 4 is 37.7 Å². The smallest absolute Gasteiger partial charge is 0.143 e. The number of hydrogen-bond donors (Lipinski definition) is 1. The zero-order valence-electron chi connectivity index (χ0n) is 9.57. The molecule has 1 aromatic rings. The van der Waals surface area contributed by atoms with Crippen molar-refractivity contribution in [1.82, 2.24) is 9.88 Å². The maximum absolute atomic E-state index is 5.57. The molecule has 0 aliphatic carbocycles. The number of nitrogens with two attached hydrogens (primary N) is 1. The number of anilines is 1. The topological polar surface area (TPSA) is 45.4 Å². The number of rotatable bonds is 3. The minimum atomic E-state index is 0.736. The molecular weight excluding hydrogens is 348 g/mol. The van der Waals surface area contributed by atoms with Crippen LogP contribution in [0.5, 0.6) is 0 Å². The van der Waals surface area contributed by atoms with Gasteiger partial charge in [0.1, 0.15) is 5.82 Å². The summed E-state index contributed by atoms with van der Waals surface area (Å²) in [6.45, 7) is 5.85. The SMILES string of the molecule is NCCN1CCN(c2ncc(Br)cc2Br)CC1. The molecule has 1 saturated heterocycles. The van der Waals surface area contributed by atoms with Crippen molar-refractivity contribution in [3.05, 3.63) is 21.2 Å². The minimum absolute atomic E-state index is 0.736. The first-order valence-corrected chi connectivity index (χ1v) is 7.27. The molecule has 0 atom stereocenters. The Balaban J connectivity index is 2.00. The molecule has 4 nitrogen and oxygen atoms in total. The fourth-order valence-electron chi connectivity index (χ4n) is 2.01. The molecule has 2 rings (SSSR count). The third-order valence-corrected chi connectivity index (χ3v) is 3.92. The highest BCUT2D eigenvalue weighted by Gasteiger charge is 2.19. The standard InChI is InChI=1S/C11H16Br2N4/c12-9-7-10(13)11(15-8-9)17-5-3-16(2-1-14)4-6-17/h7-8H,1-6,14H2. The molecule has 1 aliphatic heterocycles. The number of halogens is 2. The summed E-state index contributed by atoms with van der Waals surface area (Å²) in [4.78, 5) is 9.16. The molecule has 1 aliphatic rings. The molecule has 0 bridgehead atoms. The first-order chi connectivity index (χ1) is 8.20. The van der Waals surface area contributed by atoms with Gasteiger partial charge in [-0.15, -0.1) is 0 Å². The predicted octanol–water partition coefficient (Wildman–Crippen LogP) is 1.69.